The van der Waals surface area contributed by atoms with Gasteiger partial charge in [-0.1, -0.05) is 163 Å². The minimum atomic E-state index is -0.649. The van der Waals surface area contributed by atoms with Crippen molar-refractivity contribution in [1.82, 2.24) is 9.13 Å². The molecule has 0 saturated heterocycles. The van der Waals surface area contributed by atoms with E-state index in [1.807, 2.05) is 46.9 Å². The Morgan fingerprint density at radius 2 is 0.721 bits per heavy atom. The van der Waals surface area contributed by atoms with Gasteiger partial charge in [0.2, 0.25) is 0 Å². The van der Waals surface area contributed by atoms with Gasteiger partial charge in [-0.25, -0.2) is 8.78 Å². The number of fused-ring (bicyclic) bond motifs is 14. The maximum absolute atomic E-state index is 17.4. The van der Waals surface area contributed by atoms with Crippen LogP contribution < -0.4 is 0 Å². The number of benzene rings is 9. The highest BCUT2D eigenvalue weighted by molar-refractivity contribution is 7.27. The number of aromatic nitrogens is 2. The number of nitrogens with zero attached hydrogens (tertiary/aromatic N) is 2. The Hall–Kier alpha value is -7.12. The Morgan fingerprint density at radius 3 is 1.13 bits per heavy atom. The Morgan fingerprint density at radius 1 is 0.353 bits per heavy atom. The van der Waals surface area contributed by atoms with Crippen LogP contribution in [0, 0.1) is 11.6 Å². The molecule has 0 N–H and O–H groups in total. The zero-order valence-corrected chi connectivity index (χ0v) is 40.3. The molecule has 13 aromatic rings. The first-order valence-corrected chi connectivity index (χ1v) is 25.0. The minimum Gasteiger partial charge on any atom is -0.308 e. The fourth-order valence-electron chi connectivity index (χ4n) is 11.4. The lowest BCUT2D eigenvalue weighted by Gasteiger charge is -2.38. The maximum atomic E-state index is 17.4. The van der Waals surface area contributed by atoms with E-state index in [4.69, 9.17) is 0 Å². The second-order valence-electron chi connectivity index (χ2n) is 20.2. The first-order valence-electron chi connectivity index (χ1n) is 23.3. The number of para-hydroxylation sites is 2. The molecule has 9 aromatic carbocycles. The lowest BCUT2D eigenvalue weighted by Crippen LogP contribution is -2.26. The van der Waals surface area contributed by atoms with Gasteiger partial charge in [0.25, 0.3) is 0 Å². The van der Waals surface area contributed by atoms with Gasteiger partial charge >= 0.3 is 0 Å². The smallest absolute Gasteiger partial charge is 0.131 e. The largest absolute Gasteiger partial charge is 0.308 e. The first kappa shape index (κ1) is 41.1. The van der Waals surface area contributed by atoms with Crippen molar-refractivity contribution in [2.45, 2.75) is 52.4 Å². The van der Waals surface area contributed by atoms with Crippen LogP contribution in [-0.2, 0) is 10.8 Å². The summed E-state index contributed by atoms with van der Waals surface area (Å²) in [6.45, 7) is 13.4. The molecule has 2 nitrogen and oxygen atoms in total. The molecule has 0 bridgehead atoms. The van der Waals surface area contributed by atoms with Crippen LogP contribution >= 0.6 is 22.7 Å². The van der Waals surface area contributed by atoms with Crippen molar-refractivity contribution in [3.8, 4) is 33.6 Å². The van der Waals surface area contributed by atoms with Crippen LogP contribution in [0.25, 0.3) is 118 Å². The van der Waals surface area contributed by atoms with Gasteiger partial charge in [0.05, 0.1) is 33.4 Å². The van der Waals surface area contributed by atoms with Crippen molar-refractivity contribution in [3.63, 3.8) is 0 Å². The highest BCUT2D eigenvalue weighted by Gasteiger charge is 2.39. The highest BCUT2D eigenvalue weighted by Crippen LogP contribution is 2.56. The highest BCUT2D eigenvalue weighted by atomic mass is 32.1. The zero-order chi connectivity index (χ0) is 46.4. The monoisotopic (exact) mass is 920 g/mol. The van der Waals surface area contributed by atoms with Gasteiger partial charge in [0, 0.05) is 89.7 Å². The van der Waals surface area contributed by atoms with Gasteiger partial charge < -0.3 is 9.13 Å². The third-order valence-corrected chi connectivity index (χ3v) is 16.4. The molecule has 0 aliphatic rings. The fraction of sp³-hybridized carbons (Fsp3) is 0.129. The molecule has 4 heterocycles. The molecule has 0 spiro atoms. The normalized spacial score (nSPS) is 12.7. The van der Waals surface area contributed by atoms with Crippen LogP contribution in [0.1, 0.15) is 52.7 Å². The lowest BCUT2D eigenvalue weighted by atomic mass is 9.71. The molecule has 0 aliphatic heterocycles. The third kappa shape index (κ3) is 5.77. The predicted octanol–water partition coefficient (Wildman–Crippen LogP) is 18.8. The molecule has 0 aliphatic carbocycles. The van der Waals surface area contributed by atoms with E-state index in [0.29, 0.717) is 11.1 Å². The summed E-state index contributed by atoms with van der Waals surface area (Å²) in [6, 6.07) is 58.1. The van der Waals surface area contributed by atoms with Crippen LogP contribution in [0.4, 0.5) is 8.78 Å². The van der Waals surface area contributed by atoms with E-state index in [-0.39, 0.29) is 11.6 Å². The van der Waals surface area contributed by atoms with Crippen LogP contribution in [0.15, 0.2) is 170 Å². The van der Waals surface area contributed by atoms with Gasteiger partial charge in [-0.2, -0.15) is 0 Å². The lowest BCUT2D eigenvalue weighted by molar-refractivity contribution is 0.572. The summed E-state index contributed by atoms with van der Waals surface area (Å²) in [4.78, 5) is 0. The molecule has 0 saturated carbocycles. The maximum Gasteiger partial charge on any atom is 0.131 e. The Balaban J connectivity index is 1.35. The van der Waals surface area contributed by atoms with E-state index in [0.717, 1.165) is 66.5 Å². The van der Waals surface area contributed by atoms with E-state index in [9.17, 15) is 0 Å². The van der Waals surface area contributed by atoms with Crippen molar-refractivity contribution in [1.29, 1.82) is 0 Å². The van der Waals surface area contributed by atoms with Crippen LogP contribution in [0.3, 0.4) is 0 Å². The average Bonchev–Trinajstić information content (AvgIpc) is 4.08. The number of thiophene rings is 2. The quantitative estimate of drug-likeness (QED) is 0.166. The van der Waals surface area contributed by atoms with Crippen LogP contribution in [-0.4, -0.2) is 9.13 Å². The number of hydrogen-bond donors (Lipinski definition) is 0. The summed E-state index contributed by atoms with van der Waals surface area (Å²) in [5, 5.41) is 9.49. The summed E-state index contributed by atoms with van der Waals surface area (Å²) >= 11 is 3.65. The molecular weight excluding hydrogens is 875 g/mol. The van der Waals surface area contributed by atoms with Gasteiger partial charge in [-0.05, 0) is 64.9 Å². The van der Waals surface area contributed by atoms with E-state index in [1.54, 1.807) is 24.3 Å². The third-order valence-electron chi connectivity index (χ3n) is 14.0. The van der Waals surface area contributed by atoms with E-state index >= 15 is 8.78 Å². The molecule has 0 amide bonds. The summed E-state index contributed by atoms with van der Waals surface area (Å²) in [5.41, 5.74) is 8.96. The van der Waals surface area contributed by atoms with Gasteiger partial charge in [0.15, 0.2) is 0 Å². The van der Waals surface area contributed by atoms with Gasteiger partial charge in [-0.3, -0.25) is 0 Å². The summed E-state index contributed by atoms with van der Waals surface area (Å²) < 4.78 is 44.6. The summed E-state index contributed by atoms with van der Waals surface area (Å²) in [7, 11) is 0. The fourth-order valence-corrected chi connectivity index (χ4v) is 14.0. The molecule has 0 atom stereocenters. The summed E-state index contributed by atoms with van der Waals surface area (Å²) in [5.74, 6) is -0.661. The van der Waals surface area contributed by atoms with E-state index < -0.39 is 10.8 Å². The molecule has 330 valence electrons. The second-order valence-corrected chi connectivity index (χ2v) is 22.3. The zero-order valence-electron chi connectivity index (χ0n) is 38.6. The number of rotatable bonds is 4. The number of halogens is 2. The van der Waals surface area contributed by atoms with E-state index in [1.165, 1.54) is 51.1 Å². The molecule has 13 rings (SSSR count). The Labute approximate surface area is 400 Å². The predicted molar refractivity (Wildman–Crippen MR) is 289 cm³/mol. The second kappa shape index (κ2) is 14.7. The summed E-state index contributed by atoms with van der Waals surface area (Å²) in [6.07, 6.45) is 0. The van der Waals surface area contributed by atoms with Crippen molar-refractivity contribution in [2.24, 2.45) is 0 Å². The molecule has 0 fully saturated rings. The molecule has 0 radical (unpaired) electrons. The molecule has 4 aromatic heterocycles. The minimum absolute atomic E-state index is 0.331. The SMILES string of the molecule is CC(C)(C)c1c(-c2ccccc2F)c(-n2c3ccccc3c3c4sc5ccccc5c4ccc32)c(C(C)(C)C)c(-n2c3ccccc3c3c4sc5ccccc5c4ccc32)c1-c1ccccc1F. The molecule has 0 unspecified atom stereocenters. The van der Waals surface area contributed by atoms with Gasteiger partial charge in [0.1, 0.15) is 11.6 Å². The van der Waals surface area contributed by atoms with E-state index in [2.05, 4.69) is 172 Å². The standard InChI is InChI=1S/C62H46F2N2S2/c1-61(2,3)55-53(39-21-7-13-25-43(39)63)57(65-45-27-15-9-23-41(45)51-47(65)33-31-37-35-19-11-17-29-49(35)67-59(37)51)56(62(4,5)6)58(54(55)40-22-8-14-26-44(40)64)66-46-28-16-10-24-42(46)52-48(66)34-32-38-36-20-12-18-30-50(36)68-60(38)52/h7-34H,1-6H3. The van der Waals surface area contributed by atoms with Gasteiger partial charge in [-0.15, -0.1) is 22.7 Å². The van der Waals surface area contributed by atoms with Crippen LogP contribution in [0.5, 0.6) is 0 Å². The average molecular weight is 921 g/mol. The Bertz CT molecular complexity index is 4000. The molecular formula is C62H46F2N2S2. The topological polar surface area (TPSA) is 9.86 Å². The van der Waals surface area contributed by atoms with Crippen molar-refractivity contribution in [2.75, 3.05) is 0 Å². The number of hydrogen-bond acceptors (Lipinski definition) is 2. The molecule has 6 heteroatoms. The van der Waals surface area contributed by atoms with Crippen molar-refractivity contribution < 1.29 is 8.78 Å². The first-order chi connectivity index (χ1) is 32.9. The van der Waals surface area contributed by atoms with Crippen molar-refractivity contribution in [3.05, 3.63) is 193 Å². The van der Waals surface area contributed by atoms with Crippen molar-refractivity contribution >= 4 is 107 Å². The van der Waals surface area contributed by atoms with Crippen LogP contribution in [0.2, 0.25) is 0 Å². The molecule has 68 heavy (non-hydrogen) atoms. The Kier molecular flexibility index (Phi) is 8.88.